The van der Waals surface area contributed by atoms with Gasteiger partial charge in [-0.05, 0) is 170 Å². The maximum Gasteiger partial charge on any atom is 0.194 e. The van der Waals surface area contributed by atoms with Gasteiger partial charge in [0.15, 0.2) is 53.6 Å². The molecule has 0 amide bonds. The van der Waals surface area contributed by atoms with Gasteiger partial charge in [0.2, 0.25) is 0 Å². The number of rotatable bonds is 27. The lowest BCUT2D eigenvalue weighted by Gasteiger charge is -2.02. The Morgan fingerprint density at radius 3 is 0.763 bits per heavy atom. The van der Waals surface area contributed by atoms with Crippen LogP contribution in [-0.4, -0.2) is 165 Å². The van der Waals surface area contributed by atoms with E-state index in [-0.39, 0.29) is 344 Å². The summed E-state index contributed by atoms with van der Waals surface area (Å²) in [4.78, 5) is 35.3. The summed E-state index contributed by atoms with van der Waals surface area (Å²) in [6.07, 6.45) is 0.468. The maximum atomic E-state index is 7.89. The third-order valence-electron chi connectivity index (χ3n) is 14.1. The van der Waals surface area contributed by atoms with Crippen molar-refractivity contribution in [2.75, 3.05) is 58.9 Å². The number of guanidine groups is 9. The summed E-state index contributed by atoms with van der Waals surface area (Å²) in [6, 6.07) is 19.8. The highest BCUT2D eigenvalue weighted by Crippen LogP contribution is 2.07. The second-order valence-electron chi connectivity index (χ2n) is 26.5. The highest BCUT2D eigenvalue weighted by atomic mass is 15.2. The van der Waals surface area contributed by atoms with Crippen molar-refractivity contribution in [1.29, 1.82) is 48.7 Å². The molecule has 135 heavy (non-hydrogen) atoms. The molecule has 9 rings (SSSR count). The van der Waals surface area contributed by atoms with Crippen molar-refractivity contribution in [3.05, 3.63) is 322 Å². The van der Waals surface area contributed by atoms with Gasteiger partial charge in [-0.15, -0.1) is 0 Å². The van der Waals surface area contributed by atoms with Crippen LogP contribution >= 0.6 is 0 Å². The average molecular weight is 1870 g/mol. The van der Waals surface area contributed by atoms with Gasteiger partial charge in [0, 0.05) is 61.6 Å². The maximum absolute atomic E-state index is 7.89. The van der Waals surface area contributed by atoms with Gasteiger partial charge >= 0.3 is 0 Å². The molecular weight excluding hydrogens is 1690 g/mol. The molecule has 0 aliphatic rings. The molecule has 0 radical (unpaired) electrons. The molecule has 0 aliphatic heterocycles. The van der Waals surface area contributed by atoms with E-state index < -0.39 is 18.9 Å². The van der Waals surface area contributed by atoms with Crippen LogP contribution in [0.2, 0.25) is 0 Å². The molecule has 0 unspecified atom stereocenters. The van der Waals surface area contributed by atoms with Gasteiger partial charge in [0.05, 0.1) is 96.4 Å². The SMILES string of the molecule is [2H]c1c([2H])c([2H])c(CCN=C(N)NC(C)=N)c([2H])c1[2H].[2H]c1cc(CCN=C(N)NC(C)=N)c([2H])c([2H])c1[2H].[2H]c1cc([2H])c(CCN=C(N)NC(C)=N)c([2H])c1[2H].[2H]c1cc([2H])c(CCN=C(N)NC(C)=N)cc1[2H].[2H]c1cc([2H])c([2H])c(CCN=C(N)NC(C)=N)c1.[2H]c1cc([2H])c([2H])c(CCN=C(N)NC(C)=N)c1[2H].[2H]c1cc([2H])cc(C([2H])([2H])CN=C(N)NC(C)=N)c1.[2H]c1cc([2H])cc(CC([2H])([2H])N=C(N)NC(C)=N)c1.[2H]c1ccc([2H])c(CCN=C(N)NC(C)=N)c1[2H]. The van der Waals surface area contributed by atoms with Gasteiger partial charge in [0.1, 0.15) is 0 Å². The highest BCUT2D eigenvalue weighted by Gasteiger charge is 2.03. The van der Waals surface area contributed by atoms with E-state index in [9.17, 15) is 0 Å². The largest absolute Gasteiger partial charge is 0.370 e. The third-order valence-corrected chi connectivity index (χ3v) is 14.1. The predicted molar refractivity (Wildman–Crippen MR) is 569 cm³/mol. The second kappa shape index (κ2) is 75.3. The summed E-state index contributed by atoms with van der Waals surface area (Å²) >= 11 is 0. The van der Waals surface area contributed by atoms with Gasteiger partial charge in [-0.1, -0.05) is 272 Å². The zero-order valence-electron chi connectivity index (χ0n) is 111. The minimum atomic E-state index is -1.97. The number of nitrogens with two attached hydrogens (primary N) is 9. The summed E-state index contributed by atoms with van der Waals surface area (Å²) in [5.74, 6) is 2.11. The number of aryl methyl sites for hydroxylation is 1. The van der Waals surface area contributed by atoms with Crippen LogP contribution in [0.5, 0.6) is 0 Å². The van der Waals surface area contributed by atoms with Crippen LogP contribution in [0.3, 0.4) is 0 Å². The molecule has 720 valence electrons. The Hall–Kier alpha value is -16.6. The molecule has 36 N–H and O–H groups in total. The molecule has 0 bridgehead atoms. The molecule has 0 atom stereocenters. The quantitative estimate of drug-likeness (QED) is 0.0168. The molecule has 9 aromatic carbocycles. The normalized spacial score (nSPS) is 14.9. The lowest BCUT2D eigenvalue weighted by molar-refractivity contribution is 0.955. The monoisotopic (exact) mass is 1870 g/mol. The van der Waals surface area contributed by atoms with Crippen LogP contribution in [0.1, 0.15) is 159 Å². The predicted octanol–water partition coefficient (Wildman–Crippen LogP) is 10.2. The second-order valence-corrected chi connectivity index (χ2v) is 26.5. The molecule has 36 nitrogen and oxygen atoms in total. The van der Waals surface area contributed by atoms with Crippen molar-refractivity contribution >= 4 is 106 Å². The summed E-state index contributed by atoms with van der Waals surface area (Å²) in [7, 11) is 0. The van der Waals surface area contributed by atoms with Gasteiger partial charge in [-0.3, -0.25) is 93.6 Å². The number of nitrogens with one attached hydrogen (secondary N) is 18. The van der Waals surface area contributed by atoms with E-state index in [1.54, 1.807) is 26.8 Å². The van der Waals surface area contributed by atoms with Crippen molar-refractivity contribution in [2.45, 2.75) is 120 Å². The summed E-state index contributed by atoms with van der Waals surface area (Å²) in [5.41, 5.74) is 53.4. The van der Waals surface area contributed by atoms with E-state index in [0.717, 1.165) is 0 Å². The van der Waals surface area contributed by atoms with Crippen molar-refractivity contribution in [3.8, 4) is 0 Å². The molecule has 0 aliphatic carbocycles. The number of hydrogen-bond donors (Lipinski definition) is 27. The fourth-order valence-electron chi connectivity index (χ4n) is 8.67. The first kappa shape index (κ1) is 70.3. The van der Waals surface area contributed by atoms with Crippen molar-refractivity contribution in [1.82, 2.24) is 47.9 Å². The van der Waals surface area contributed by atoms with Crippen LogP contribution in [0.4, 0.5) is 0 Å². The zero-order chi connectivity index (χ0) is 130. The van der Waals surface area contributed by atoms with Crippen LogP contribution in [0, 0.1) is 48.7 Å². The summed E-state index contributed by atoms with van der Waals surface area (Å²) < 4.78 is 258. The number of nitrogens with zero attached hydrogens (tertiary/aromatic N) is 9. The van der Waals surface area contributed by atoms with Gasteiger partial charge in [-0.25, -0.2) is 0 Å². The lowest BCUT2D eigenvalue weighted by Crippen LogP contribution is -2.35. The first-order chi connectivity index (χ1) is 78.3. The first-order valence-corrected chi connectivity index (χ1v) is 40.6. The van der Waals surface area contributed by atoms with Crippen LogP contribution < -0.4 is 99.5 Å². The Kier molecular flexibility index (Phi) is 39.2. The molecule has 0 saturated carbocycles. The van der Waals surface area contributed by atoms with E-state index in [1.807, 2.05) is 0 Å². The van der Waals surface area contributed by atoms with Crippen LogP contribution in [0.15, 0.2) is 317 Å². The third kappa shape index (κ3) is 74.0. The van der Waals surface area contributed by atoms with Crippen molar-refractivity contribution < 1.29 is 46.6 Å². The average Bonchev–Trinajstić information content (AvgIpc) is 0.789. The molecule has 0 spiro atoms. The minimum absolute atomic E-state index is 0.0375. The zero-order valence-corrected chi connectivity index (χ0v) is 76.7. The first-order valence-electron chi connectivity index (χ1n) is 57.6. The number of aliphatic imine (C=N–C) groups is 9. The van der Waals surface area contributed by atoms with Crippen molar-refractivity contribution in [2.24, 2.45) is 96.5 Å². The smallest absolute Gasteiger partial charge is 0.194 e. The Morgan fingerprint density at radius 2 is 0.415 bits per heavy atom. The number of benzene rings is 9. The standard InChI is InChI=1S/9C11H16N4/c9*1-9(12)15-11(13)14-8-7-10-5-3-2-4-6-10/h9*2-6H,7-8H2,1H3,(H4,12,13,14,15)/i2D,3D,4D,5D,6D;3D,4D,5D,6D;2D,3D,5D,6D;2D,3D,4D,5D;3D,5D,6D;3D,4D,8D2;3D,4D,7D2;3D,4D,5D;2D,3D,6D. The fraction of sp³-hybridized carbons (Fsp3) is 0.273. The molecule has 9 aromatic rings. The Bertz CT molecular complexity index is 7210. The molecule has 36 heteroatoms. The van der Waals surface area contributed by atoms with E-state index in [2.05, 4.69) is 92.8 Å². The van der Waals surface area contributed by atoms with E-state index in [1.165, 1.54) is 126 Å². The van der Waals surface area contributed by atoms with Crippen LogP contribution in [0.25, 0.3) is 0 Å². The van der Waals surface area contributed by atoms with E-state index in [0.29, 0.717) is 90.7 Å². The lowest BCUT2D eigenvalue weighted by atomic mass is 10.2. The Morgan fingerprint density at radius 1 is 0.207 bits per heavy atom. The Labute approximate surface area is 844 Å². The van der Waals surface area contributed by atoms with E-state index >= 15 is 0 Å². The molecule has 0 heterocycles. The van der Waals surface area contributed by atoms with Crippen LogP contribution in [-0.2, 0) is 57.7 Å². The fourth-order valence-corrected chi connectivity index (χ4v) is 8.67. The summed E-state index contributed by atoms with van der Waals surface area (Å²) in [6.45, 7) is 13.5. The van der Waals surface area contributed by atoms with Gasteiger partial charge in [0.25, 0.3) is 0 Å². The molecule has 0 aromatic heterocycles. The molecule has 0 fully saturated rings. The number of hydrogen-bond acceptors (Lipinski definition) is 18. The van der Waals surface area contributed by atoms with Gasteiger partial charge in [-0.2, -0.15) is 0 Å². The Balaban J connectivity index is 0.000000951. The highest BCUT2D eigenvalue weighted by molar-refractivity contribution is 6.00. The topological polar surface area (TPSA) is 668 Å². The van der Waals surface area contributed by atoms with E-state index in [4.69, 9.17) is 147 Å². The molecular formula is C99H144N36. The molecule has 0 saturated heterocycles. The van der Waals surface area contributed by atoms with Gasteiger partial charge < -0.3 is 99.5 Å². The van der Waals surface area contributed by atoms with Crippen molar-refractivity contribution in [3.63, 3.8) is 0 Å². The summed E-state index contributed by atoms with van der Waals surface area (Å²) in [5, 5.41) is 87.1. The minimum Gasteiger partial charge on any atom is -0.370 e. The number of amidine groups is 9.